The number of hydrogen-bond acceptors (Lipinski definition) is 7. The van der Waals surface area contributed by atoms with Gasteiger partial charge in [-0.05, 0) is 13.0 Å². The largest absolute Gasteiger partial charge is 0.461 e. The Labute approximate surface area is 144 Å². The fourth-order valence-corrected chi connectivity index (χ4v) is 2.69. The van der Waals surface area contributed by atoms with Gasteiger partial charge in [0.05, 0.1) is 30.2 Å². The molecule has 0 saturated heterocycles. The summed E-state index contributed by atoms with van der Waals surface area (Å²) in [5.74, 6) is 0.129. The Morgan fingerprint density at radius 2 is 2.04 bits per heavy atom. The Balaban J connectivity index is 2.26. The van der Waals surface area contributed by atoms with E-state index < -0.39 is 5.97 Å². The molecule has 0 unspecified atom stereocenters. The lowest BCUT2D eigenvalue weighted by Gasteiger charge is -2.12. The van der Waals surface area contributed by atoms with Crippen molar-refractivity contribution in [1.29, 1.82) is 0 Å². The highest BCUT2D eigenvalue weighted by Crippen LogP contribution is 2.25. The van der Waals surface area contributed by atoms with Crippen molar-refractivity contribution in [2.75, 3.05) is 37.1 Å². The van der Waals surface area contributed by atoms with Gasteiger partial charge in [-0.3, -0.25) is 4.79 Å². The second kappa shape index (κ2) is 9.19. The van der Waals surface area contributed by atoms with E-state index in [0.29, 0.717) is 29.0 Å². The molecule has 1 amide bonds. The maximum atomic E-state index is 12.2. The Morgan fingerprint density at radius 3 is 2.79 bits per heavy atom. The molecule has 24 heavy (non-hydrogen) atoms. The predicted molar refractivity (Wildman–Crippen MR) is 93.3 cm³/mol. The van der Waals surface area contributed by atoms with Crippen LogP contribution >= 0.6 is 11.8 Å². The van der Waals surface area contributed by atoms with Crippen molar-refractivity contribution >= 4 is 40.2 Å². The lowest BCUT2D eigenvalue weighted by atomic mass is 10.1. The first-order valence-electron chi connectivity index (χ1n) is 7.46. The molecule has 0 aliphatic carbocycles. The van der Waals surface area contributed by atoms with E-state index in [1.165, 1.54) is 11.8 Å². The summed E-state index contributed by atoms with van der Waals surface area (Å²) in [4.78, 5) is 24.3. The average molecular weight is 349 g/mol. The zero-order chi connectivity index (χ0) is 17.4. The lowest BCUT2D eigenvalue weighted by molar-refractivity contribution is -0.113. The van der Waals surface area contributed by atoms with Gasteiger partial charge < -0.3 is 14.8 Å². The number of nitrogens with one attached hydrogen (secondary N) is 1. The second-order valence-electron chi connectivity index (χ2n) is 4.75. The summed E-state index contributed by atoms with van der Waals surface area (Å²) in [6.07, 6.45) is 0. The highest BCUT2D eigenvalue weighted by molar-refractivity contribution is 7.99. The quantitative estimate of drug-likeness (QED) is 0.576. The monoisotopic (exact) mass is 349 g/mol. The molecule has 1 aromatic carbocycles. The van der Waals surface area contributed by atoms with Crippen LogP contribution in [0, 0.1) is 0 Å². The van der Waals surface area contributed by atoms with Crippen molar-refractivity contribution in [1.82, 2.24) is 10.2 Å². The number of nitrogens with zero attached hydrogens (tertiary/aromatic N) is 2. The fourth-order valence-electron chi connectivity index (χ4n) is 2.01. The van der Waals surface area contributed by atoms with Crippen molar-refractivity contribution in [2.24, 2.45) is 0 Å². The van der Waals surface area contributed by atoms with E-state index in [1.54, 1.807) is 26.2 Å². The van der Waals surface area contributed by atoms with Gasteiger partial charge in [-0.1, -0.05) is 18.2 Å². The van der Waals surface area contributed by atoms with Crippen LogP contribution in [0.5, 0.6) is 0 Å². The van der Waals surface area contributed by atoms with Crippen molar-refractivity contribution in [2.45, 2.75) is 6.92 Å². The maximum absolute atomic E-state index is 12.2. The van der Waals surface area contributed by atoms with Crippen LogP contribution in [-0.4, -0.2) is 53.9 Å². The number of benzene rings is 1. The molecule has 0 aliphatic heterocycles. The first-order chi connectivity index (χ1) is 11.7. The van der Waals surface area contributed by atoms with E-state index in [1.807, 2.05) is 12.1 Å². The third kappa shape index (κ3) is 4.65. The number of rotatable bonds is 8. The van der Waals surface area contributed by atoms with Gasteiger partial charge in [0.1, 0.15) is 0 Å². The molecule has 0 bridgehead atoms. The number of hydrogen-bond donors (Lipinski definition) is 1. The Bertz CT molecular complexity index is 724. The third-order valence-electron chi connectivity index (χ3n) is 3.07. The number of fused-ring (bicyclic) bond motifs is 1. The van der Waals surface area contributed by atoms with Crippen LogP contribution in [0.3, 0.4) is 0 Å². The highest BCUT2D eigenvalue weighted by atomic mass is 32.2. The summed E-state index contributed by atoms with van der Waals surface area (Å²) < 4.78 is 9.94. The number of amides is 1. The van der Waals surface area contributed by atoms with Gasteiger partial charge in [-0.15, -0.1) is 22.0 Å². The molecule has 7 nitrogen and oxygen atoms in total. The molecule has 0 radical (unpaired) electrons. The Hall–Kier alpha value is -2.19. The van der Waals surface area contributed by atoms with Gasteiger partial charge in [0.2, 0.25) is 5.91 Å². The van der Waals surface area contributed by atoms with Crippen LogP contribution in [0.2, 0.25) is 0 Å². The standard InChI is InChI=1S/C16H19N3O4S/c1-3-23-16(21)15-14(17-13(20)10-24-9-8-22-2)11-6-4-5-7-12(11)18-19-15/h4-7H,3,8-10H2,1-2H3,(H,17,18,20). The minimum atomic E-state index is -0.613. The van der Waals surface area contributed by atoms with Crippen molar-refractivity contribution in [3.63, 3.8) is 0 Å². The van der Waals surface area contributed by atoms with Gasteiger partial charge in [-0.2, -0.15) is 0 Å². The van der Waals surface area contributed by atoms with Gasteiger partial charge >= 0.3 is 5.97 Å². The van der Waals surface area contributed by atoms with Crippen molar-refractivity contribution < 1.29 is 19.1 Å². The van der Waals surface area contributed by atoms with E-state index in [2.05, 4.69) is 15.5 Å². The molecule has 0 aliphatic rings. The molecule has 0 spiro atoms. The van der Waals surface area contributed by atoms with E-state index >= 15 is 0 Å². The number of esters is 1. The number of anilines is 1. The number of ether oxygens (including phenoxy) is 2. The van der Waals surface area contributed by atoms with Gasteiger partial charge in [0.15, 0.2) is 5.69 Å². The van der Waals surface area contributed by atoms with E-state index in [9.17, 15) is 9.59 Å². The van der Waals surface area contributed by atoms with Gasteiger partial charge in [0.25, 0.3) is 0 Å². The normalized spacial score (nSPS) is 10.6. The average Bonchev–Trinajstić information content (AvgIpc) is 2.59. The van der Waals surface area contributed by atoms with E-state index in [-0.39, 0.29) is 24.0 Å². The van der Waals surface area contributed by atoms with Crippen LogP contribution in [0.1, 0.15) is 17.4 Å². The maximum Gasteiger partial charge on any atom is 0.361 e. The number of carbonyl (C=O) groups excluding carboxylic acids is 2. The summed E-state index contributed by atoms with van der Waals surface area (Å²) in [7, 11) is 1.61. The first-order valence-corrected chi connectivity index (χ1v) is 8.62. The molecule has 8 heteroatoms. The molecule has 1 heterocycles. The number of methoxy groups -OCH3 is 1. The molecule has 2 rings (SSSR count). The second-order valence-corrected chi connectivity index (χ2v) is 5.86. The van der Waals surface area contributed by atoms with Crippen LogP contribution in [-0.2, 0) is 14.3 Å². The smallest absolute Gasteiger partial charge is 0.361 e. The lowest BCUT2D eigenvalue weighted by Crippen LogP contribution is -2.20. The van der Waals surface area contributed by atoms with Crippen LogP contribution in [0.25, 0.3) is 10.9 Å². The van der Waals surface area contributed by atoms with Crippen LogP contribution in [0.4, 0.5) is 5.69 Å². The van der Waals surface area contributed by atoms with E-state index in [0.717, 1.165) is 0 Å². The molecule has 128 valence electrons. The van der Waals surface area contributed by atoms with Gasteiger partial charge in [0, 0.05) is 18.2 Å². The Kier molecular flexibility index (Phi) is 6.95. The number of carbonyl (C=O) groups is 2. The summed E-state index contributed by atoms with van der Waals surface area (Å²) >= 11 is 1.45. The number of thioether (sulfide) groups is 1. The molecule has 1 N–H and O–H groups in total. The zero-order valence-electron chi connectivity index (χ0n) is 13.6. The minimum Gasteiger partial charge on any atom is -0.461 e. The molecule has 0 saturated carbocycles. The van der Waals surface area contributed by atoms with Crippen molar-refractivity contribution in [3.05, 3.63) is 30.0 Å². The first kappa shape index (κ1) is 18.2. The summed E-state index contributed by atoms with van der Waals surface area (Å²) in [6, 6.07) is 7.16. The number of aromatic nitrogens is 2. The summed E-state index contributed by atoms with van der Waals surface area (Å²) in [5, 5.41) is 11.3. The zero-order valence-corrected chi connectivity index (χ0v) is 14.4. The molecule has 0 fully saturated rings. The van der Waals surface area contributed by atoms with E-state index in [4.69, 9.17) is 9.47 Å². The highest BCUT2D eigenvalue weighted by Gasteiger charge is 2.20. The van der Waals surface area contributed by atoms with Gasteiger partial charge in [-0.25, -0.2) is 4.79 Å². The van der Waals surface area contributed by atoms with Crippen LogP contribution < -0.4 is 5.32 Å². The molecule has 0 atom stereocenters. The topological polar surface area (TPSA) is 90.4 Å². The fraction of sp³-hybridized carbons (Fsp3) is 0.375. The third-order valence-corrected chi connectivity index (χ3v) is 3.99. The minimum absolute atomic E-state index is 0.00536. The summed E-state index contributed by atoms with van der Waals surface area (Å²) in [5.41, 5.74) is 0.926. The molecular weight excluding hydrogens is 330 g/mol. The van der Waals surface area contributed by atoms with Crippen LogP contribution in [0.15, 0.2) is 24.3 Å². The Morgan fingerprint density at radius 1 is 1.25 bits per heavy atom. The molecular formula is C16H19N3O4S. The molecule has 1 aromatic heterocycles. The predicted octanol–water partition coefficient (Wildman–Crippen LogP) is 2.12. The summed E-state index contributed by atoms with van der Waals surface area (Å²) in [6.45, 7) is 2.50. The molecule has 2 aromatic rings. The SMILES string of the molecule is CCOC(=O)c1nnc2ccccc2c1NC(=O)CSCCOC. The van der Waals surface area contributed by atoms with Crippen molar-refractivity contribution in [3.8, 4) is 0 Å².